The number of amides is 2. The highest BCUT2D eigenvalue weighted by atomic mass is 19.4. The molecule has 2 rings (SSSR count). The average Bonchev–Trinajstić information content (AvgIpc) is 3.32. The van der Waals surface area contributed by atoms with E-state index in [9.17, 15) is 22.8 Å². The molecule has 25 heavy (non-hydrogen) atoms. The first kappa shape index (κ1) is 19.2. The van der Waals surface area contributed by atoms with Crippen molar-refractivity contribution in [3.05, 3.63) is 29.8 Å². The fourth-order valence-corrected chi connectivity index (χ4v) is 2.53. The number of nitrogens with zero attached hydrogens (tertiary/aromatic N) is 1. The van der Waals surface area contributed by atoms with Crippen molar-refractivity contribution in [3.8, 4) is 0 Å². The molecule has 2 N–H and O–H groups in total. The van der Waals surface area contributed by atoms with Crippen LogP contribution in [-0.4, -0.2) is 43.9 Å². The summed E-state index contributed by atoms with van der Waals surface area (Å²) in [6.07, 6.45) is -3.17. The van der Waals surface area contributed by atoms with Crippen molar-refractivity contribution in [2.24, 2.45) is 5.41 Å². The molecule has 1 fully saturated rings. The van der Waals surface area contributed by atoms with E-state index in [0.717, 1.165) is 19.0 Å². The van der Waals surface area contributed by atoms with Crippen LogP contribution in [0, 0.1) is 5.41 Å². The van der Waals surface area contributed by atoms with Gasteiger partial charge in [0.2, 0.25) is 11.8 Å². The van der Waals surface area contributed by atoms with Crippen LogP contribution >= 0.6 is 0 Å². The van der Waals surface area contributed by atoms with Crippen molar-refractivity contribution in [3.63, 3.8) is 0 Å². The molecule has 5 nitrogen and oxygen atoms in total. The molecular weight excluding hydrogens is 335 g/mol. The van der Waals surface area contributed by atoms with Crippen LogP contribution in [0.2, 0.25) is 0 Å². The van der Waals surface area contributed by atoms with Gasteiger partial charge in [-0.2, -0.15) is 13.2 Å². The lowest BCUT2D eigenvalue weighted by Gasteiger charge is -2.18. The van der Waals surface area contributed by atoms with E-state index in [-0.39, 0.29) is 5.69 Å². The maximum atomic E-state index is 13.0. The van der Waals surface area contributed by atoms with E-state index < -0.39 is 29.0 Å². The summed E-state index contributed by atoms with van der Waals surface area (Å²) in [5.74, 6) is -1.11. The Morgan fingerprint density at radius 3 is 2.36 bits per heavy atom. The van der Waals surface area contributed by atoms with Gasteiger partial charge in [0, 0.05) is 6.54 Å². The predicted octanol–water partition coefficient (Wildman–Crippen LogP) is 2.49. The number of benzene rings is 1. The molecule has 0 heterocycles. The SMILES string of the molecule is CN(C)CCCNC(=O)C1(C(=O)Nc2ccccc2C(F)(F)F)CC1. The van der Waals surface area contributed by atoms with Crippen LogP contribution in [0.3, 0.4) is 0 Å². The summed E-state index contributed by atoms with van der Waals surface area (Å²) in [6, 6.07) is 4.75. The Bertz CT molecular complexity index is 640. The number of hydrogen-bond acceptors (Lipinski definition) is 3. The Balaban J connectivity index is 2.00. The number of nitrogens with one attached hydrogen (secondary N) is 2. The minimum atomic E-state index is -4.57. The third-order valence-electron chi connectivity index (χ3n) is 4.17. The van der Waals surface area contributed by atoms with Gasteiger partial charge in [-0.15, -0.1) is 0 Å². The second-order valence-electron chi connectivity index (χ2n) is 6.49. The number of para-hydroxylation sites is 1. The van der Waals surface area contributed by atoms with Gasteiger partial charge in [0.1, 0.15) is 5.41 Å². The Morgan fingerprint density at radius 2 is 1.80 bits per heavy atom. The van der Waals surface area contributed by atoms with E-state index >= 15 is 0 Å². The Kier molecular flexibility index (Phi) is 5.72. The molecule has 0 atom stereocenters. The zero-order chi connectivity index (χ0) is 18.7. The van der Waals surface area contributed by atoms with Crippen LogP contribution in [0.4, 0.5) is 18.9 Å². The normalized spacial score (nSPS) is 15.8. The summed E-state index contributed by atoms with van der Waals surface area (Å²) in [5.41, 5.74) is -2.51. The molecule has 1 aromatic rings. The Morgan fingerprint density at radius 1 is 1.16 bits per heavy atom. The third-order valence-corrected chi connectivity index (χ3v) is 4.17. The number of carbonyl (C=O) groups is 2. The minimum Gasteiger partial charge on any atom is -0.355 e. The molecule has 1 saturated carbocycles. The van der Waals surface area contributed by atoms with Gasteiger partial charge in [-0.25, -0.2) is 0 Å². The molecule has 138 valence electrons. The molecule has 0 bridgehead atoms. The summed E-state index contributed by atoms with van der Waals surface area (Å²) in [6.45, 7) is 1.21. The molecule has 0 radical (unpaired) electrons. The molecule has 0 aromatic heterocycles. The van der Waals surface area contributed by atoms with Crippen molar-refractivity contribution < 1.29 is 22.8 Å². The van der Waals surface area contributed by atoms with Crippen molar-refractivity contribution in [2.45, 2.75) is 25.4 Å². The fraction of sp³-hybridized carbons (Fsp3) is 0.529. The van der Waals surface area contributed by atoms with Gasteiger partial charge >= 0.3 is 6.18 Å². The zero-order valence-electron chi connectivity index (χ0n) is 14.2. The van der Waals surface area contributed by atoms with E-state index in [1.165, 1.54) is 18.2 Å². The topological polar surface area (TPSA) is 61.4 Å². The molecular formula is C17H22F3N3O2. The van der Waals surface area contributed by atoms with E-state index in [4.69, 9.17) is 0 Å². The minimum absolute atomic E-state index is 0.327. The highest BCUT2D eigenvalue weighted by Gasteiger charge is 2.56. The molecule has 1 aliphatic rings. The largest absolute Gasteiger partial charge is 0.418 e. The second kappa shape index (κ2) is 7.43. The van der Waals surface area contributed by atoms with Gasteiger partial charge in [-0.05, 0) is 52.0 Å². The number of alkyl halides is 3. The van der Waals surface area contributed by atoms with E-state index in [0.29, 0.717) is 19.4 Å². The number of halogens is 3. The number of carbonyl (C=O) groups excluding carboxylic acids is 2. The summed E-state index contributed by atoms with van der Waals surface area (Å²) in [4.78, 5) is 26.7. The second-order valence-corrected chi connectivity index (χ2v) is 6.49. The van der Waals surface area contributed by atoms with Gasteiger partial charge in [0.05, 0.1) is 11.3 Å². The average molecular weight is 357 g/mol. The van der Waals surface area contributed by atoms with Gasteiger partial charge in [0.25, 0.3) is 0 Å². The van der Waals surface area contributed by atoms with Gasteiger partial charge in [-0.3, -0.25) is 9.59 Å². The van der Waals surface area contributed by atoms with Crippen LogP contribution in [0.25, 0.3) is 0 Å². The van der Waals surface area contributed by atoms with E-state index in [2.05, 4.69) is 10.6 Å². The summed E-state index contributed by atoms with van der Waals surface area (Å²) >= 11 is 0. The quantitative estimate of drug-likeness (QED) is 0.582. The highest BCUT2D eigenvalue weighted by molar-refractivity contribution is 6.13. The van der Waals surface area contributed by atoms with Crippen molar-refractivity contribution in [2.75, 3.05) is 32.5 Å². The van der Waals surface area contributed by atoms with Crippen molar-refractivity contribution >= 4 is 17.5 Å². The van der Waals surface area contributed by atoms with Crippen LogP contribution < -0.4 is 10.6 Å². The lowest BCUT2D eigenvalue weighted by Crippen LogP contribution is -2.41. The van der Waals surface area contributed by atoms with Crippen molar-refractivity contribution in [1.29, 1.82) is 0 Å². The third kappa shape index (κ3) is 4.72. The van der Waals surface area contributed by atoms with Crippen LogP contribution in [0.15, 0.2) is 24.3 Å². The summed E-state index contributed by atoms with van der Waals surface area (Å²) < 4.78 is 39.0. The van der Waals surface area contributed by atoms with E-state index in [1.54, 1.807) is 0 Å². The lowest BCUT2D eigenvalue weighted by atomic mass is 10.0. The Labute approximate surface area is 144 Å². The first-order valence-electron chi connectivity index (χ1n) is 8.07. The smallest absolute Gasteiger partial charge is 0.355 e. The summed E-state index contributed by atoms with van der Waals surface area (Å²) in [7, 11) is 3.82. The van der Waals surface area contributed by atoms with Gasteiger partial charge in [0.15, 0.2) is 0 Å². The van der Waals surface area contributed by atoms with Gasteiger partial charge < -0.3 is 15.5 Å². The molecule has 0 aliphatic heterocycles. The first-order chi connectivity index (χ1) is 11.7. The lowest BCUT2D eigenvalue weighted by molar-refractivity contribution is -0.137. The standard InChI is InChI=1S/C17H22F3N3O2/c1-23(2)11-5-10-21-14(24)16(8-9-16)15(25)22-13-7-4-3-6-12(13)17(18,19)20/h3-4,6-7H,5,8-11H2,1-2H3,(H,21,24)(H,22,25). The number of anilines is 1. The number of rotatable bonds is 7. The first-order valence-corrected chi connectivity index (χ1v) is 8.07. The fourth-order valence-electron chi connectivity index (χ4n) is 2.53. The van der Waals surface area contributed by atoms with Crippen LogP contribution in [0.5, 0.6) is 0 Å². The molecule has 1 aromatic carbocycles. The van der Waals surface area contributed by atoms with Crippen LogP contribution in [0.1, 0.15) is 24.8 Å². The maximum Gasteiger partial charge on any atom is 0.418 e. The predicted molar refractivity (Wildman–Crippen MR) is 87.9 cm³/mol. The molecule has 8 heteroatoms. The van der Waals surface area contributed by atoms with Crippen molar-refractivity contribution in [1.82, 2.24) is 10.2 Å². The molecule has 2 amide bonds. The van der Waals surface area contributed by atoms with Crippen LogP contribution in [-0.2, 0) is 15.8 Å². The molecule has 0 saturated heterocycles. The van der Waals surface area contributed by atoms with Gasteiger partial charge in [-0.1, -0.05) is 12.1 Å². The molecule has 0 spiro atoms. The Hall–Kier alpha value is -2.09. The number of hydrogen-bond donors (Lipinski definition) is 2. The highest BCUT2D eigenvalue weighted by Crippen LogP contribution is 2.47. The zero-order valence-corrected chi connectivity index (χ0v) is 14.2. The monoisotopic (exact) mass is 357 g/mol. The van der Waals surface area contributed by atoms with E-state index in [1.807, 2.05) is 19.0 Å². The maximum absolute atomic E-state index is 13.0. The molecule has 1 aliphatic carbocycles. The summed E-state index contributed by atoms with van der Waals surface area (Å²) in [5, 5.41) is 4.99. The molecule has 0 unspecified atom stereocenters.